The van der Waals surface area contributed by atoms with E-state index in [-0.39, 0.29) is 16.3 Å². The molecule has 1 aromatic heterocycles. The summed E-state index contributed by atoms with van der Waals surface area (Å²) in [4.78, 5) is 36.5. The Morgan fingerprint density at radius 1 is 1.14 bits per heavy atom. The quantitative estimate of drug-likeness (QED) is 0.571. The van der Waals surface area contributed by atoms with E-state index in [1.54, 1.807) is 0 Å². The zero-order valence-electron chi connectivity index (χ0n) is 10.8. The van der Waals surface area contributed by atoms with Crippen molar-refractivity contribution in [3.8, 4) is 16.9 Å². The molecule has 0 fully saturated rings. The number of aromatic carboxylic acids is 2. The molecule has 0 amide bonds. The number of aromatic nitrogens is 1. The highest BCUT2D eigenvalue weighted by Crippen LogP contribution is 2.35. The van der Waals surface area contributed by atoms with Gasteiger partial charge >= 0.3 is 11.9 Å². The number of carboxylic acid groups (broad SMARTS) is 2. The zero-order chi connectivity index (χ0) is 16.6. The number of aromatic hydroxyl groups is 1. The molecule has 0 atom stereocenters. The predicted octanol–water partition coefficient (Wildman–Crippen LogP) is 1.38. The van der Waals surface area contributed by atoms with Crippen molar-refractivity contribution >= 4 is 29.4 Å². The molecule has 0 aliphatic heterocycles. The van der Waals surface area contributed by atoms with Gasteiger partial charge in [0.1, 0.15) is 22.7 Å². The van der Waals surface area contributed by atoms with E-state index < -0.39 is 40.0 Å². The topological polar surface area (TPSA) is 154 Å². The van der Waals surface area contributed by atoms with Gasteiger partial charge in [0.15, 0.2) is 0 Å². The molecule has 0 bridgehead atoms. The van der Waals surface area contributed by atoms with Crippen LogP contribution in [0.5, 0.6) is 5.75 Å². The maximum absolute atomic E-state index is 11.8. The first-order chi connectivity index (χ1) is 10.2. The van der Waals surface area contributed by atoms with Crippen LogP contribution in [0.2, 0.25) is 5.02 Å². The number of carbonyl (C=O) groups is 2. The average Bonchev–Trinajstić information content (AvgIpc) is 2.36. The van der Waals surface area contributed by atoms with Crippen LogP contribution >= 0.6 is 11.6 Å². The minimum absolute atomic E-state index is 0.0490. The van der Waals surface area contributed by atoms with Gasteiger partial charge in [-0.15, -0.1) is 0 Å². The lowest BCUT2D eigenvalue weighted by atomic mass is 9.95. The number of benzene rings is 1. The monoisotopic (exact) mass is 324 g/mol. The SMILES string of the molecule is Nc1[nH]c(=O)c(C(=O)O)c(-c2ccc(O)cc2Cl)c1C(=O)O. The van der Waals surface area contributed by atoms with Crippen molar-refractivity contribution in [3.05, 3.63) is 44.7 Å². The standard InChI is InChI=1S/C13H9ClN2O6/c14-6-3-4(17)1-2-5(6)7-8(12(19)20)10(15)16-11(18)9(7)13(21)22/h1-3,17H,(H,19,20)(H,21,22)(H3,15,16,18). The Morgan fingerprint density at radius 3 is 2.23 bits per heavy atom. The number of rotatable bonds is 3. The highest BCUT2D eigenvalue weighted by molar-refractivity contribution is 6.34. The van der Waals surface area contributed by atoms with E-state index in [1.807, 2.05) is 4.98 Å². The van der Waals surface area contributed by atoms with Crippen LogP contribution in [-0.2, 0) is 0 Å². The van der Waals surface area contributed by atoms with Crippen molar-refractivity contribution in [2.45, 2.75) is 0 Å². The molecule has 1 heterocycles. The molecule has 0 aliphatic rings. The lowest BCUT2D eigenvalue weighted by Crippen LogP contribution is -2.24. The number of nitrogen functional groups attached to an aromatic ring is 1. The van der Waals surface area contributed by atoms with Crippen molar-refractivity contribution < 1.29 is 24.9 Å². The molecule has 114 valence electrons. The van der Waals surface area contributed by atoms with E-state index >= 15 is 0 Å². The Bertz CT molecular complexity index is 858. The van der Waals surface area contributed by atoms with Crippen molar-refractivity contribution in [2.24, 2.45) is 0 Å². The Morgan fingerprint density at radius 2 is 1.73 bits per heavy atom. The van der Waals surface area contributed by atoms with Crippen molar-refractivity contribution in [2.75, 3.05) is 5.73 Å². The number of phenols is 1. The van der Waals surface area contributed by atoms with Crippen LogP contribution in [0.25, 0.3) is 11.1 Å². The first-order valence-electron chi connectivity index (χ1n) is 5.75. The molecule has 22 heavy (non-hydrogen) atoms. The number of hydrogen-bond donors (Lipinski definition) is 5. The maximum atomic E-state index is 11.8. The van der Waals surface area contributed by atoms with Crippen LogP contribution in [0.1, 0.15) is 20.7 Å². The normalized spacial score (nSPS) is 10.4. The molecule has 0 aliphatic carbocycles. The summed E-state index contributed by atoms with van der Waals surface area (Å²) in [7, 11) is 0. The fraction of sp³-hybridized carbons (Fsp3) is 0. The second-order valence-electron chi connectivity index (χ2n) is 4.27. The number of hydrogen-bond acceptors (Lipinski definition) is 5. The lowest BCUT2D eigenvalue weighted by molar-refractivity contribution is 0.0695. The van der Waals surface area contributed by atoms with Crippen LogP contribution in [-0.4, -0.2) is 32.2 Å². The molecule has 9 heteroatoms. The second kappa shape index (κ2) is 5.41. The number of anilines is 1. The van der Waals surface area contributed by atoms with Crippen LogP contribution in [0.4, 0.5) is 5.82 Å². The van der Waals surface area contributed by atoms with Crippen LogP contribution in [0, 0.1) is 0 Å². The van der Waals surface area contributed by atoms with E-state index in [4.69, 9.17) is 17.3 Å². The van der Waals surface area contributed by atoms with Crippen LogP contribution in [0.15, 0.2) is 23.0 Å². The first-order valence-corrected chi connectivity index (χ1v) is 6.13. The fourth-order valence-corrected chi connectivity index (χ4v) is 2.29. The van der Waals surface area contributed by atoms with Crippen molar-refractivity contribution in [1.82, 2.24) is 4.98 Å². The molecule has 0 saturated carbocycles. The maximum Gasteiger partial charge on any atom is 0.342 e. The number of H-pyrrole nitrogens is 1. The predicted molar refractivity (Wildman–Crippen MR) is 77.5 cm³/mol. The summed E-state index contributed by atoms with van der Waals surface area (Å²) < 4.78 is 0. The number of phenolic OH excluding ortho intramolecular Hbond substituents is 1. The summed E-state index contributed by atoms with van der Waals surface area (Å²) >= 11 is 5.92. The molecule has 0 unspecified atom stereocenters. The summed E-state index contributed by atoms with van der Waals surface area (Å²) in [6, 6.07) is 3.46. The Hall–Kier alpha value is -3.00. The van der Waals surface area contributed by atoms with Gasteiger partial charge in [-0.1, -0.05) is 11.6 Å². The fourth-order valence-electron chi connectivity index (χ4n) is 2.02. The summed E-state index contributed by atoms with van der Waals surface area (Å²) in [6.45, 7) is 0. The van der Waals surface area contributed by atoms with Gasteiger partial charge in [0.05, 0.1) is 5.02 Å². The third-order valence-corrected chi connectivity index (χ3v) is 3.21. The van der Waals surface area contributed by atoms with Gasteiger partial charge < -0.3 is 26.0 Å². The molecule has 1 aromatic carbocycles. The van der Waals surface area contributed by atoms with Crippen molar-refractivity contribution in [1.29, 1.82) is 0 Å². The minimum Gasteiger partial charge on any atom is -0.508 e. The molecule has 2 rings (SSSR count). The third kappa shape index (κ3) is 2.47. The number of nitrogens with two attached hydrogens (primary N) is 1. The molecular weight excluding hydrogens is 316 g/mol. The van der Waals surface area contributed by atoms with Gasteiger partial charge in [0.25, 0.3) is 5.56 Å². The summed E-state index contributed by atoms with van der Waals surface area (Å²) in [5.41, 5.74) is 2.55. The van der Waals surface area contributed by atoms with Gasteiger partial charge in [-0.2, -0.15) is 0 Å². The van der Waals surface area contributed by atoms with Crippen LogP contribution in [0.3, 0.4) is 0 Å². The number of nitrogens with one attached hydrogen (secondary N) is 1. The van der Waals surface area contributed by atoms with Gasteiger partial charge in [-0.25, -0.2) is 9.59 Å². The second-order valence-corrected chi connectivity index (χ2v) is 4.67. The third-order valence-electron chi connectivity index (χ3n) is 2.89. The molecule has 8 nitrogen and oxygen atoms in total. The van der Waals surface area contributed by atoms with Gasteiger partial charge in [-0.3, -0.25) is 4.79 Å². The van der Waals surface area contributed by atoms with E-state index in [1.165, 1.54) is 12.1 Å². The van der Waals surface area contributed by atoms with Crippen molar-refractivity contribution in [3.63, 3.8) is 0 Å². The Labute approximate surface area is 127 Å². The number of aromatic amines is 1. The lowest BCUT2D eigenvalue weighted by Gasteiger charge is -2.13. The van der Waals surface area contributed by atoms with E-state index in [9.17, 15) is 29.7 Å². The molecule has 0 spiro atoms. The summed E-state index contributed by atoms with van der Waals surface area (Å²) in [6.07, 6.45) is 0. The minimum atomic E-state index is -1.64. The Balaban J connectivity index is 3.02. The number of halogens is 1. The summed E-state index contributed by atoms with van der Waals surface area (Å²) in [5.74, 6) is -3.87. The summed E-state index contributed by atoms with van der Waals surface area (Å²) in [5, 5.41) is 27.7. The van der Waals surface area contributed by atoms with Gasteiger partial charge in [0.2, 0.25) is 0 Å². The van der Waals surface area contributed by atoms with E-state index in [2.05, 4.69) is 0 Å². The smallest absolute Gasteiger partial charge is 0.342 e. The largest absolute Gasteiger partial charge is 0.508 e. The number of carboxylic acids is 2. The number of pyridine rings is 1. The molecular formula is C13H9ClN2O6. The van der Waals surface area contributed by atoms with Crippen LogP contribution < -0.4 is 11.3 Å². The molecule has 2 aromatic rings. The molecule has 0 saturated heterocycles. The highest BCUT2D eigenvalue weighted by Gasteiger charge is 2.27. The van der Waals surface area contributed by atoms with E-state index in [0.29, 0.717) is 0 Å². The van der Waals surface area contributed by atoms with Gasteiger partial charge in [-0.05, 0) is 18.2 Å². The molecule has 0 radical (unpaired) electrons. The van der Waals surface area contributed by atoms with E-state index in [0.717, 1.165) is 6.07 Å². The first kappa shape index (κ1) is 15.4. The molecule has 6 N–H and O–H groups in total. The highest BCUT2D eigenvalue weighted by atomic mass is 35.5. The average molecular weight is 325 g/mol. The van der Waals surface area contributed by atoms with Gasteiger partial charge in [0, 0.05) is 11.1 Å². The Kier molecular flexibility index (Phi) is 3.79. The zero-order valence-corrected chi connectivity index (χ0v) is 11.5.